The highest BCUT2D eigenvalue weighted by Gasteiger charge is 2.46. The van der Waals surface area contributed by atoms with Crippen LogP contribution in [0.5, 0.6) is 0 Å². The summed E-state index contributed by atoms with van der Waals surface area (Å²) in [5, 5.41) is 2.34. The molecule has 2 atom stereocenters. The number of nitrogens with one attached hydrogen (secondary N) is 1. The molecule has 0 radical (unpaired) electrons. The zero-order valence-electron chi connectivity index (χ0n) is 15.4. The minimum Gasteiger partial charge on any atom is -0.310 e. The van der Waals surface area contributed by atoms with Crippen molar-refractivity contribution in [2.75, 3.05) is 31.1 Å². The summed E-state index contributed by atoms with van der Waals surface area (Å²) in [7, 11) is -7.08. The van der Waals surface area contributed by atoms with Crippen LogP contribution in [0.4, 0.5) is 0 Å². The molecule has 0 spiro atoms. The molecule has 0 bridgehead atoms. The van der Waals surface area contributed by atoms with E-state index in [4.69, 9.17) is 0 Å². The number of nitrogens with zero attached hydrogens (tertiary/aromatic N) is 1. The predicted octanol–water partition coefficient (Wildman–Crippen LogP) is 1.09. The zero-order chi connectivity index (χ0) is 19.0. The van der Waals surface area contributed by atoms with E-state index in [9.17, 15) is 16.8 Å². The Morgan fingerprint density at radius 3 is 2.35 bits per heavy atom. The van der Waals surface area contributed by atoms with Gasteiger partial charge in [-0.05, 0) is 51.9 Å². The van der Waals surface area contributed by atoms with E-state index in [1.807, 2.05) is 0 Å². The first-order valence-electron chi connectivity index (χ1n) is 9.10. The van der Waals surface area contributed by atoms with E-state index in [0.29, 0.717) is 6.54 Å². The minimum atomic E-state index is -3.70. The van der Waals surface area contributed by atoms with Crippen LogP contribution >= 0.6 is 0 Å². The molecule has 0 amide bonds. The first-order valence-corrected chi connectivity index (χ1v) is 12.5. The Labute approximate surface area is 156 Å². The molecular formula is C18H28N2O4S2. The molecule has 2 saturated heterocycles. The van der Waals surface area contributed by atoms with Crippen molar-refractivity contribution in [3.63, 3.8) is 0 Å². The van der Waals surface area contributed by atoms with Gasteiger partial charge in [0.2, 0.25) is 0 Å². The van der Waals surface area contributed by atoms with E-state index in [1.54, 1.807) is 18.2 Å². The quantitative estimate of drug-likeness (QED) is 0.770. The van der Waals surface area contributed by atoms with Crippen LogP contribution in [0.1, 0.15) is 26.7 Å². The minimum absolute atomic E-state index is 0.125. The summed E-state index contributed by atoms with van der Waals surface area (Å²) >= 11 is 0. The van der Waals surface area contributed by atoms with Gasteiger partial charge >= 0.3 is 0 Å². The van der Waals surface area contributed by atoms with Gasteiger partial charge < -0.3 is 5.32 Å². The van der Waals surface area contributed by atoms with Crippen molar-refractivity contribution < 1.29 is 16.8 Å². The fraction of sp³-hybridized carbons (Fsp3) is 0.667. The SMILES string of the molecule is CC(C)(CN[C@H]1CS(=O)(=O)C[C@@H]1S(=O)(=O)c1ccccc1)N1CCCC1. The zero-order valence-corrected chi connectivity index (χ0v) is 17.0. The topological polar surface area (TPSA) is 83.5 Å². The van der Waals surface area contributed by atoms with E-state index in [0.717, 1.165) is 13.1 Å². The molecule has 1 aromatic rings. The van der Waals surface area contributed by atoms with Crippen molar-refractivity contribution in [2.24, 2.45) is 0 Å². The Bertz CT molecular complexity index is 829. The fourth-order valence-electron chi connectivity index (χ4n) is 3.91. The lowest BCUT2D eigenvalue weighted by Gasteiger charge is -2.37. The summed E-state index contributed by atoms with van der Waals surface area (Å²) in [6, 6.07) is 7.56. The van der Waals surface area contributed by atoms with Gasteiger partial charge in [-0.2, -0.15) is 0 Å². The molecule has 2 aliphatic heterocycles. The van der Waals surface area contributed by atoms with Crippen molar-refractivity contribution in [3.8, 4) is 0 Å². The van der Waals surface area contributed by atoms with Gasteiger partial charge in [0, 0.05) is 18.1 Å². The molecule has 0 aliphatic carbocycles. The number of likely N-dealkylation sites (tertiary alicyclic amines) is 1. The van der Waals surface area contributed by atoms with Crippen molar-refractivity contribution in [3.05, 3.63) is 30.3 Å². The molecule has 2 fully saturated rings. The smallest absolute Gasteiger partial charge is 0.183 e. The van der Waals surface area contributed by atoms with Gasteiger partial charge in [0.25, 0.3) is 0 Å². The van der Waals surface area contributed by atoms with Crippen molar-refractivity contribution in [1.29, 1.82) is 0 Å². The molecule has 0 aromatic heterocycles. The van der Waals surface area contributed by atoms with Crippen LogP contribution in [0.3, 0.4) is 0 Å². The molecule has 0 saturated carbocycles. The normalized spacial score (nSPS) is 27.0. The van der Waals surface area contributed by atoms with Crippen LogP contribution in [0.2, 0.25) is 0 Å². The van der Waals surface area contributed by atoms with Gasteiger partial charge in [-0.25, -0.2) is 16.8 Å². The monoisotopic (exact) mass is 400 g/mol. The number of hydrogen-bond acceptors (Lipinski definition) is 6. The second-order valence-electron chi connectivity index (χ2n) is 7.97. The van der Waals surface area contributed by atoms with Crippen LogP contribution in [-0.4, -0.2) is 69.7 Å². The first-order chi connectivity index (χ1) is 12.1. The summed E-state index contributed by atoms with van der Waals surface area (Å²) in [4.78, 5) is 2.57. The Balaban J connectivity index is 1.78. The molecule has 2 aliphatic rings. The Hall–Kier alpha value is -0.960. The second-order valence-corrected chi connectivity index (χ2v) is 12.3. The fourth-order valence-corrected chi connectivity index (χ4v) is 8.65. The van der Waals surface area contributed by atoms with E-state index in [-0.39, 0.29) is 21.9 Å². The van der Waals surface area contributed by atoms with Gasteiger partial charge in [0.1, 0.15) is 0 Å². The average molecular weight is 401 g/mol. The van der Waals surface area contributed by atoms with E-state index < -0.39 is 31.0 Å². The Kier molecular flexibility index (Phi) is 5.50. The maximum Gasteiger partial charge on any atom is 0.183 e. The maximum absolute atomic E-state index is 13.0. The van der Waals surface area contributed by atoms with Crippen LogP contribution < -0.4 is 5.32 Å². The third-order valence-electron chi connectivity index (χ3n) is 5.53. The van der Waals surface area contributed by atoms with Crippen molar-refractivity contribution in [1.82, 2.24) is 10.2 Å². The maximum atomic E-state index is 13.0. The standard InChI is InChI=1S/C18H28N2O4S2/c1-18(2,20-10-6-7-11-20)14-19-16-12-25(21,22)13-17(16)26(23,24)15-8-4-3-5-9-15/h3-5,8-9,16-17,19H,6-7,10-14H2,1-2H3/t16-,17-/m0/s1. The Morgan fingerprint density at radius 1 is 1.12 bits per heavy atom. The highest BCUT2D eigenvalue weighted by atomic mass is 32.2. The van der Waals surface area contributed by atoms with Gasteiger partial charge in [-0.3, -0.25) is 4.90 Å². The van der Waals surface area contributed by atoms with Crippen molar-refractivity contribution in [2.45, 2.75) is 48.4 Å². The third-order valence-corrected chi connectivity index (χ3v) is 9.70. The van der Waals surface area contributed by atoms with Gasteiger partial charge in [-0.15, -0.1) is 0 Å². The van der Waals surface area contributed by atoms with Gasteiger partial charge in [-0.1, -0.05) is 18.2 Å². The van der Waals surface area contributed by atoms with Gasteiger partial charge in [0.15, 0.2) is 19.7 Å². The number of hydrogen-bond donors (Lipinski definition) is 1. The summed E-state index contributed by atoms with van der Waals surface area (Å²) in [5.74, 6) is -0.439. The average Bonchev–Trinajstić information content (AvgIpc) is 3.22. The molecule has 26 heavy (non-hydrogen) atoms. The van der Waals surface area contributed by atoms with Crippen molar-refractivity contribution >= 4 is 19.7 Å². The number of sulfone groups is 2. The number of benzene rings is 1. The third kappa shape index (κ3) is 4.13. The highest BCUT2D eigenvalue weighted by molar-refractivity contribution is 7.96. The predicted molar refractivity (Wildman–Crippen MR) is 103 cm³/mol. The Morgan fingerprint density at radius 2 is 1.73 bits per heavy atom. The van der Waals surface area contributed by atoms with Crippen LogP contribution in [0.25, 0.3) is 0 Å². The molecular weight excluding hydrogens is 372 g/mol. The van der Waals surface area contributed by atoms with E-state index in [1.165, 1.54) is 25.0 Å². The molecule has 6 nitrogen and oxygen atoms in total. The summed E-state index contributed by atoms with van der Waals surface area (Å²) in [6.45, 7) is 6.87. The lowest BCUT2D eigenvalue weighted by Crippen LogP contribution is -2.54. The van der Waals surface area contributed by atoms with Crippen LogP contribution in [0, 0.1) is 0 Å². The molecule has 2 heterocycles. The largest absolute Gasteiger partial charge is 0.310 e. The summed E-state index contributed by atoms with van der Waals surface area (Å²) < 4.78 is 50.4. The first kappa shape index (κ1) is 19.8. The molecule has 146 valence electrons. The molecule has 1 aromatic carbocycles. The summed E-state index contributed by atoms with van der Waals surface area (Å²) in [6.07, 6.45) is 2.35. The molecule has 0 unspecified atom stereocenters. The molecule has 8 heteroatoms. The summed E-state index contributed by atoms with van der Waals surface area (Å²) in [5.41, 5.74) is -0.135. The highest BCUT2D eigenvalue weighted by Crippen LogP contribution is 2.27. The second kappa shape index (κ2) is 7.22. The van der Waals surface area contributed by atoms with Gasteiger partial charge in [0.05, 0.1) is 21.7 Å². The lowest BCUT2D eigenvalue weighted by molar-refractivity contribution is 0.148. The van der Waals surface area contributed by atoms with E-state index in [2.05, 4.69) is 24.1 Å². The van der Waals surface area contributed by atoms with E-state index >= 15 is 0 Å². The molecule has 1 N–H and O–H groups in total. The number of rotatable bonds is 6. The lowest BCUT2D eigenvalue weighted by atomic mass is 10.0. The molecule has 3 rings (SSSR count). The van der Waals surface area contributed by atoms with Crippen LogP contribution in [0.15, 0.2) is 35.2 Å². The van der Waals surface area contributed by atoms with Crippen LogP contribution in [-0.2, 0) is 19.7 Å².